The molecule has 2 unspecified atom stereocenters. The van der Waals surface area contributed by atoms with Crippen molar-refractivity contribution >= 4 is 0 Å². The zero-order valence-corrected chi connectivity index (χ0v) is 12.6. The molecule has 0 aliphatic heterocycles. The molecule has 0 spiro atoms. The number of rotatable bonds is 5. The molecule has 0 aromatic carbocycles. The summed E-state index contributed by atoms with van der Waals surface area (Å²) in [6, 6.07) is 4.14. The summed E-state index contributed by atoms with van der Waals surface area (Å²) in [7, 11) is 4.15. The molecule has 0 amide bonds. The molecule has 2 rings (SSSR count). The molecule has 0 saturated heterocycles. The van der Waals surface area contributed by atoms with Crippen LogP contribution in [0.15, 0.2) is 18.3 Å². The third-order valence-electron chi connectivity index (χ3n) is 5.05. The molecule has 1 N–H and O–H groups in total. The SMILES string of the molecule is CCC(CC)(C(O)C1CCc2cccnc21)N(C)C. The van der Waals surface area contributed by atoms with Gasteiger partial charge in [0.25, 0.3) is 0 Å². The lowest BCUT2D eigenvalue weighted by Crippen LogP contribution is -2.54. The third-order valence-corrected chi connectivity index (χ3v) is 5.05. The van der Waals surface area contributed by atoms with E-state index in [0.717, 1.165) is 31.4 Å². The van der Waals surface area contributed by atoms with Crippen LogP contribution in [0, 0.1) is 0 Å². The Balaban J connectivity index is 2.32. The van der Waals surface area contributed by atoms with E-state index in [1.807, 2.05) is 12.3 Å². The molecule has 19 heavy (non-hydrogen) atoms. The number of hydrogen-bond donors (Lipinski definition) is 1. The van der Waals surface area contributed by atoms with Gasteiger partial charge in [0, 0.05) is 23.3 Å². The first-order valence-electron chi connectivity index (χ1n) is 7.36. The summed E-state index contributed by atoms with van der Waals surface area (Å²) in [5, 5.41) is 11.0. The summed E-state index contributed by atoms with van der Waals surface area (Å²) in [4.78, 5) is 6.72. The number of hydrogen-bond acceptors (Lipinski definition) is 3. The van der Waals surface area contributed by atoms with Crippen LogP contribution in [0.3, 0.4) is 0 Å². The van der Waals surface area contributed by atoms with Gasteiger partial charge in [-0.3, -0.25) is 4.98 Å². The minimum absolute atomic E-state index is 0.149. The zero-order chi connectivity index (χ0) is 14.0. The lowest BCUT2D eigenvalue weighted by Gasteiger charge is -2.44. The highest BCUT2D eigenvalue weighted by molar-refractivity contribution is 5.30. The fourth-order valence-corrected chi connectivity index (χ4v) is 3.69. The highest BCUT2D eigenvalue weighted by atomic mass is 16.3. The van der Waals surface area contributed by atoms with Crippen molar-refractivity contribution in [3.63, 3.8) is 0 Å². The predicted octanol–water partition coefficient (Wildman–Crippen LogP) is 2.59. The van der Waals surface area contributed by atoms with Crippen molar-refractivity contribution < 1.29 is 5.11 Å². The number of aliphatic hydroxyl groups is 1. The van der Waals surface area contributed by atoms with Crippen molar-refractivity contribution in [3.05, 3.63) is 29.6 Å². The first kappa shape index (κ1) is 14.5. The molecule has 1 heterocycles. The monoisotopic (exact) mass is 262 g/mol. The van der Waals surface area contributed by atoms with Crippen LogP contribution in [-0.4, -0.2) is 40.7 Å². The van der Waals surface area contributed by atoms with Crippen molar-refractivity contribution in [3.8, 4) is 0 Å². The van der Waals surface area contributed by atoms with Gasteiger partial charge in [-0.25, -0.2) is 0 Å². The Morgan fingerprint density at radius 3 is 2.68 bits per heavy atom. The Morgan fingerprint density at radius 2 is 2.11 bits per heavy atom. The van der Waals surface area contributed by atoms with Gasteiger partial charge in [-0.2, -0.15) is 0 Å². The van der Waals surface area contributed by atoms with Crippen LogP contribution < -0.4 is 0 Å². The van der Waals surface area contributed by atoms with E-state index < -0.39 is 0 Å². The topological polar surface area (TPSA) is 36.4 Å². The van der Waals surface area contributed by atoms with Crippen molar-refractivity contribution in [1.29, 1.82) is 0 Å². The van der Waals surface area contributed by atoms with Crippen LogP contribution in [0.2, 0.25) is 0 Å². The molecule has 0 saturated carbocycles. The smallest absolute Gasteiger partial charge is 0.0807 e. The average Bonchev–Trinajstić information content (AvgIpc) is 2.84. The summed E-state index contributed by atoms with van der Waals surface area (Å²) < 4.78 is 0. The summed E-state index contributed by atoms with van der Waals surface area (Å²) in [5.41, 5.74) is 2.28. The maximum Gasteiger partial charge on any atom is 0.0807 e. The summed E-state index contributed by atoms with van der Waals surface area (Å²) in [6.45, 7) is 4.34. The fraction of sp³-hybridized carbons (Fsp3) is 0.688. The molecule has 2 atom stereocenters. The molecular weight excluding hydrogens is 236 g/mol. The number of nitrogens with zero attached hydrogens (tertiary/aromatic N) is 2. The number of aliphatic hydroxyl groups excluding tert-OH is 1. The zero-order valence-electron chi connectivity index (χ0n) is 12.6. The molecule has 1 aromatic heterocycles. The minimum Gasteiger partial charge on any atom is -0.390 e. The quantitative estimate of drug-likeness (QED) is 0.886. The van der Waals surface area contributed by atoms with Gasteiger partial charge in [0.2, 0.25) is 0 Å². The summed E-state index contributed by atoms with van der Waals surface area (Å²) >= 11 is 0. The standard InChI is InChI=1S/C16H26N2O/c1-5-16(6-2,18(3)4)15(19)13-10-9-12-8-7-11-17-14(12)13/h7-8,11,13,15,19H,5-6,9-10H2,1-4H3. The van der Waals surface area contributed by atoms with Crippen LogP contribution in [0.5, 0.6) is 0 Å². The Kier molecular flexibility index (Phi) is 4.26. The maximum absolute atomic E-state index is 11.0. The van der Waals surface area contributed by atoms with Crippen molar-refractivity contribution in [2.45, 2.75) is 57.1 Å². The molecule has 1 aliphatic rings. The molecule has 0 bridgehead atoms. The molecule has 106 valence electrons. The number of fused-ring (bicyclic) bond motifs is 1. The van der Waals surface area contributed by atoms with Gasteiger partial charge < -0.3 is 10.0 Å². The first-order chi connectivity index (χ1) is 9.06. The van der Waals surface area contributed by atoms with Crippen LogP contribution in [0.4, 0.5) is 0 Å². The van der Waals surface area contributed by atoms with E-state index in [1.54, 1.807) is 0 Å². The van der Waals surface area contributed by atoms with E-state index in [1.165, 1.54) is 5.56 Å². The second kappa shape index (κ2) is 5.59. The molecule has 1 aromatic rings. The molecule has 0 radical (unpaired) electrons. The van der Waals surface area contributed by atoms with Crippen molar-refractivity contribution in [2.24, 2.45) is 0 Å². The average molecular weight is 262 g/mol. The first-order valence-corrected chi connectivity index (χ1v) is 7.36. The number of likely N-dealkylation sites (N-methyl/N-ethyl adjacent to an activating group) is 1. The summed E-state index contributed by atoms with van der Waals surface area (Å²) in [5.74, 6) is 0.179. The van der Waals surface area contributed by atoms with Crippen LogP contribution in [0.25, 0.3) is 0 Å². The molecule has 0 fully saturated rings. The molecule has 1 aliphatic carbocycles. The molecule has 3 nitrogen and oxygen atoms in total. The number of pyridine rings is 1. The van der Waals surface area contributed by atoms with Gasteiger partial charge in [0.1, 0.15) is 0 Å². The molecule has 3 heteroatoms. The van der Waals surface area contributed by atoms with Gasteiger partial charge in [-0.1, -0.05) is 19.9 Å². The van der Waals surface area contributed by atoms with Crippen LogP contribution in [-0.2, 0) is 6.42 Å². The largest absolute Gasteiger partial charge is 0.390 e. The van der Waals surface area contributed by atoms with Gasteiger partial charge in [-0.15, -0.1) is 0 Å². The third kappa shape index (κ3) is 2.30. The van der Waals surface area contributed by atoms with Gasteiger partial charge in [-0.05, 0) is 51.4 Å². The summed E-state index contributed by atoms with van der Waals surface area (Å²) in [6.07, 6.45) is 5.46. The van der Waals surface area contributed by atoms with Crippen LogP contribution in [0.1, 0.15) is 50.3 Å². The number of aryl methyl sites for hydroxylation is 1. The predicted molar refractivity (Wildman–Crippen MR) is 78.3 cm³/mol. The highest BCUT2D eigenvalue weighted by Gasteiger charge is 2.44. The second-order valence-corrected chi connectivity index (χ2v) is 5.84. The van der Waals surface area contributed by atoms with E-state index >= 15 is 0 Å². The Labute approximate surface area is 116 Å². The minimum atomic E-state index is -0.353. The molecular formula is C16H26N2O. The van der Waals surface area contributed by atoms with Gasteiger partial charge >= 0.3 is 0 Å². The van der Waals surface area contributed by atoms with Gasteiger partial charge in [0.05, 0.1) is 6.10 Å². The lowest BCUT2D eigenvalue weighted by atomic mass is 9.78. The number of aromatic nitrogens is 1. The Morgan fingerprint density at radius 1 is 1.42 bits per heavy atom. The van der Waals surface area contributed by atoms with E-state index in [0.29, 0.717) is 0 Å². The maximum atomic E-state index is 11.0. The highest BCUT2D eigenvalue weighted by Crippen LogP contribution is 2.41. The second-order valence-electron chi connectivity index (χ2n) is 5.84. The van der Waals surface area contributed by atoms with Crippen LogP contribution >= 0.6 is 0 Å². The Hall–Kier alpha value is -0.930. The van der Waals surface area contributed by atoms with Crippen molar-refractivity contribution in [1.82, 2.24) is 9.88 Å². The van der Waals surface area contributed by atoms with E-state index in [9.17, 15) is 5.11 Å². The van der Waals surface area contributed by atoms with Crippen molar-refractivity contribution in [2.75, 3.05) is 14.1 Å². The van der Waals surface area contributed by atoms with E-state index in [4.69, 9.17) is 0 Å². The van der Waals surface area contributed by atoms with Gasteiger partial charge in [0.15, 0.2) is 0 Å². The lowest BCUT2D eigenvalue weighted by molar-refractivity contribution is -0.0292. The Bertz CT molecular complexity index is 427. The normalized spacial score (nSPS) is 20.6. The van der Waals surface area contributed by atoms with E-state index in [2.05, 4.69) is 43.9 Å². The van der Waals surface area contributed by atoms with E-state index in [-0.39, 0.29) is 17.6 Å². The fourth-order valence-electron chi connectivity index (χ4n) is 3.69.